The Balaban J connectivity index is 1.82. The lowest BCUT2D eigenvalue weighted by Crippen LogP contribution is -2.11. The third-order valence-electron chi connectivity index (χ3n) is 3.66. The van der Waals surface area contributed by atoms with Crippen LogP contribution in [0.15, 0.2) is 24.3 Å². The minimum atomic E-state index is -1.05. The zero-order valence-corrected chi connectivity index (χ0v) is 13.9. The largest absolute Gasteiger partial charge is 0.478 e. The molecule has 0 aliphatic carbocycles. The van der Waals surface area contributed by atoms with E-state index in [1.807, 2.05) is 6.07 Å². The molecule has 1 aromatic heterocycles. The quantitative estimate of drug-likeness (QED) is 0.869. The molecule has 1 aliphatic rings. The first-order valence-electron chi connectivity index (χ1n) is 7.43. The Morgan fingerprint density at radius 2 is 2.17 bits per heavy atom. The Hall–Kier alpha value is -2.22. The van der Waals surface area contributed by atoms with Crippen molar-refractivity contribution >= 4 is 28.9 Å². The highest BCUT2D eigenvalue weighted by molar-refractivity contribution is 7.14. The van der Waals surface area contributed by atoms with Gasteiger partial charge in [-0.3, -0.25) is 4.79 Å². The number of carbonyl (C=O) groups is 2. The fourth-order valence-electron chi connectivity index (χ4n) is 2.59. The zero-order valence-electron chi connectivity index (χ0n) is 13.1. The summed E-state index contributed by atoms with van der Waals surface area (Å²) in [5, 5.41) is 12.0. The van der Waals surface area contributed by atoms with E-state index in [1.165, 1.54) is 35.5 Å². The minimum absolute atomic E-state index is 0.110. The van der Waals surface area contributed by atoms with Crippen LogP contribution in [0.3, 0.4) is 0 Å². The average Bonchev–Trinajstić information content (AvgIpc) is 2.99. The summed E-state index contributed by atoms with van der Waals surface area (Å²) in [6.45, 7) is 1.48. The Bertz CT molecular complexity index is 760. The van der Waals surface area contributed by atoms with Crippen LogP contribution in [0.25, 0.3) is 0 Å². The summed E-state index contributed by atoms with van der Waals surface area (Å²) in [7, 11) is 1.53. The van der Waals surface area contributed by atoms with Crippen LogP contribution in [0.4, 0.5) is 5.69 Å². The summed E-state index contributed by atoms with van der Waals surface area (Å²) in [5.74, 6) is -1.30. The number of carboxylic acid groups (broad SMARTS) is 1. The second kappa shape index (κ2) is 7.12. The predicted octanol–water partition coefficient (Wildman–Crippen LogP) is 2.92. The number of carbonyl (C=O) groups excluding carboxylic acids is 1. The van der Waals surface area contributed by atoms with E-state index in [1.54, 1.807) is 6.07 Å². The van der Waals surface area contributed by atoms with Gasteiger partial charge in [-0.05, 0) is 35.4 Å². The fraction of sp³-hybridized carbons (Fsp3) is 0.294. The lowest BCUT2D eigenvalue weighted by atomic mass is 10.1. The number of hydrogen-bond acceptors (Lipinski definition) is 5. The Labute approximate surface area is 143 Å². The van der Waals surface area contributed by atoms with Gasteiger partial charge in [0.1, 0.15) is 0 Å². The van der Waals surface area contributed by atoms with Gasteiger partial charge in [0, 0.05) is 24.1 Å². The van der Waals surface area contributed by atoms with Crippen molar-refractivity contribution in [1.82, 2.24) is 0 Å². The van der Waals surface area contributed by atoms with E-state index in [0.717, 1.165) is 12.0 Å². The molecule has 0 radical (unpaired) electrons. The molecule has 126 valence electrons. The monoisotopic (exact) mass is 347 g/mol. The normalized spacial score (nSPS) is 13.4. The van der Waals surface area contributed by atoms with E-state index in [9.17, 15) is 14.7 Å². The van der Waals surface area contributed by atoms with Gasteiger partial charge in [-0.2, -0.15) is 0 Å². The van der Waals surface area contributed by atoms with Crippen molar-refractivity contribution in [3.63, 3.8) is 0 Å². The van der Waals surface area contributed by atoms with Crippen LogP contribution in [0.5, 0.6) is 0 Å². The molecular formula is C17H17NO5S. The molecule has 0 fully saturated rings. The molecule has 2 aromatic rings. The van der Waals surface area contributed by atoms with E-state index < -0.39 is 5.97 Å². The number of benzene rings is 1. The highest BCUT2D eigenvalue weighted by Gasteiger charge is 2.18. The van der Waals surface area contributed by atoms with Crippen molar-refractivity contribution in [3.8, 4) is 0 Å². The first-order valence-corrected chi connectivity index (χ1v) is 8.25. The van der Waals surface area contributed by atoms with Crippen molar-refractivity contribution in [2.75, 3.05) is 19.0 Å². The molecule has 0 atom stereocenters. The molecule has 7 heteroatoms. The van der Waals surface area contributed by atoms with Crippen LogP contribution < -0.4 is 5.32 Å². The molecule has 0 bridgehead atoms. The molecule has 1 amide bonds. The maximum Gasteiger partial charge on any atom is 0.335 e. The topological polar surface area (TPSA) is 84.9 Å². The first kappa shape index (κ1) is 16.6. The second-order valence-corrected chi connectivity index (χ2v) is 6.61. The van der Waals surface area contributed by atoms with Gasteiger partial charge in [0.2, 0.25) is 0 Å². The van der Waals surface area contributed by atoms with Crippen molar-refractivity contribution in [2.45, 2.75) is 19.6 Å². The number of thiophene rings is 1. The van der Waals surface area contributed by atoms with E-state index in [4.69, 9.17) is 9.47 Å². The van der Waals surface area contributed by atoms with E-state index >= 15 is 0 Å². The summed E-state index contributed by atoms with van der Waals surface area (Å²) in [6, 6.07) is 6.52. The lowest BCUT2D eigenvalue weighted by Gasteiger charge is -2.10. The third-order valence-corrected chi connectivity index (χ3v) is 4.90. The number of hydrogen-bond donors (Lipinski definition) is 2. The Morgan fingerprint density at radius 1 is 1.33 bits per heavy atom. The van der Waals surface area contributed by atoms with Crippen LogP contribution >= 0.6 is 11.3 Å². The first-order chi connectivity index (χ1) is 11.6. The number of rotatable bonds is 5. The van der Waals surface area contributed by atoms with Crippen molar-refractivity contribution in [3.05, 3.63) is 50.7 Å². The van der Waals surface area contributed by atoms with E-state index in [-0.39, 0.29) is 18.1 Å². The zero-order chi connectivity index (χ0) is 17.1. The molecule has 2 heterocycles. The Morgan fingerprint density at radius 3 is 2.88 bits per heavy atom. The molecule has 3 rings (SSSR count). The number of aromatic carboxylic acids is 1. The molecule has 1 aliphatic heterocycles. The molecule has 0 saturated heterocycles. The SMILES string of the molecule is COCc1cc(NC(=O)c2cc3c(s2)CCOC3)cc(C(=O)O)c1. The van der Waals surface area contributed by atoms with Crippen LogP contribution in [0.1, 0.15) is 36.0 Å². The number of nitrogens with one attached hydrogen (secondary N) is 1. The second-order valence-electron chi connectivity index (χ2n) is 5.47. The van der Waals surface area contributed by atoms with Gasteiger partial charge in [-0.25, -0.2) is 4.79 Å². The van der Waals surface area contributed by atoms with Crippen LogP contribution in [-0.2, 0) is 29.1 Å². The fourth-order valence-corrected chi connectivity index (χ4v) is 3.63. The summed E-state index contributed by atoms with van der Waals surface area (Å²) in [4.78, 5) is 25.5. The van der Waals surface area contributed by atoms with Gasteiger partial charge >= 0.3 is 5.97 Å². The van der Waals surface area contributed by atoms with Crippen molar-refractivity contribution in [2.24, 2.45) is 0 Å². The van der Waals surface area contributed by atoms with Gasteiger partial charge in [0.25, 0.3) is 5.91 Å². The van der Waals surface area contributed by atoms with E-state index in [2.05, 4.69) is 5.32 Å². The molecule has 6 nitrogen and oxygen atoms in total. The summed E-state index contributed by atoms with van der Waals surface area (Å²) < 4.78 is 10.4. The molecule has 1 aromatic carbocycles. The maximum absolute atomic E-state index is 12.5. The lowest BCUT2D eigenvalue weighted by molar-refractivity contribution is 0.0696. The smallest absolute Gasteiger partial charge is 0.335 e. The van der Waals surface area contributed by atoms with Crippen molar-refractivity contribution in [1.29, 1.82) is 0 Å². The number of amides is 1. The maximum atomic E-state index is 12.5. The van der Waals surface area contributed by atoms with Gasteiger partial charge in [0.15, 0.2) is 0 Å². The third kappa shape index (κ3) is 3.64. The molecule has 2 N–H and O–H groups in total. The number of fused-ring (bicyclic) bond motifs is 1. The van der Waals surface area contributed by atoms with Gasteiger partial charge < -0.3 is 19.9 Å². The van der Waals surface area contributed by atoms with Crippen molar-refractivity contribution < 1.29 is 24.2 Å². The van der Waals surface area contributed by atoms with Crippen LogP contribution in [0, 0.1) is 0 Å². The minimum Gasteiger partial charge on any atom is -0.478 e. The Kier molecular flexibility index (Phi) is 4.94. The number of ether oxygens (including phenoxy) is 2. The summed E-state index contributed by atoms with van der Waals surface area (Å²) in [5.41, 5.74) is 2.29. The standard InChI is InChI=1S/C17H17NO5S/c1-22-8-10-4-11(17(20)21)6-13(5-10)18-16(19)15-7-12-9-23-3-2-14(12)24-15/h4-7H,2-3,8-9H2,1H3,(H,18,19)(H,20,21). The molecule has 0 saturated carbocycles. The molecular weight excluding hydrogens is 330 g/mol. The number of methoxy groups -OCH3 is 1. The van der Waals surface area contributed by atoms with Gasteiger partial charge in [-0.15, -0.1) is 11.3 Å². The average molecular weight is 347 g/mol. The van der Waals surface area contributed by atoms with Crippen LogP contribution in [0.2, 0.25) is 0 Å². The summed E-state index contributed by atoms with van der Waals surface area (Å²) in [6.07, 6.45) is 0.819. The van der Waals surface area contributed by atoms with Gasteiger partial charge in [-0.1, -0.05) is 0 Å². The number of anilines is 1. The highest BCUT2D eigenvalue weighted by atomic mass is 32.1. The summed E-state index contributed by atoms with van der Waals surface area (Å²) >= 11 is 1.45. The molecule has 0 spiro atoms. The predicted molar refractivity (Wildman–Crippen MR) is 89.7 cm³/mol. The number of carboxylic acids is 1. The van der Waals surface area contributed by atoms with Gasteiger partial charge in [0.05, 0.1) is 30.3 Å². The van der Waals surface area contributed by atoms with E-state index in [0.29, 0.717) is 29.3 Å². The highest BCUT2D eigenvalue weighted by Crippen LogP contribution is 2.28. The molecule has 0 unspecified atom stereocenters. The van der Waals surface area contributed by atoms with Crippen LogP contribution in [-0.4, -0.2) is 30.7 Å². The molecule has 24 heavy (non-hydrogen) atoms.